The van der Waals surface area contributed by atoms with Gasteiger partial charge in [-0.25, -0.2) is 9.97 Å². The molecule has 1 amide bonds. The number of anilines is 1. The molecule has 0 saturated carbocycles. The van der Waals surface area contributed by atoms with Gasteiger partial charge in [0.15, 0.2) is 0 Å². The number of aromatic nitrogens is 2. The van der Waals surface area contributed by atoms with E-state index < -0.39 is 0 Å². The van der Waals surface area contributed by atoms with Gasteiger partial charge in [0, 0.05) is 31.5 Å². The largest absolute Gasteiger partial charge is 0.350 e. The van der Waals surface area contributed by atoms with Crippen LogP contribution in [0.25, 0.3) is 0 Å². The lowest BCUT2D eigenvalue weighted by Gasteiger charge is -2.32. The number of benzene rings is 1. The molecule has 3 rings (SSSR count). The van der Waals surface area contributed by atoms with Crippen molar-refractivity contribution in [3.8, 4) is 0 Å². The van der Waals surface area contributed by atoms with Crippen molar-refractivity contribution in [1.29, 1.82) is 0 Å². The number of piperidine rings is 1. The van der Waals surface area contributed by atoms with Crippen LogP contribution in [0, 0.1) is 5.92 Å². The Morgan fingerprint density at radius 3 is 2.46 bits per heavy atom. The highest BCUT2D eigenvalue weighted by Crippen LogP contribution is 2.23. The van der Waals surface area contributed by atoms with Gasteiger partial charge >= 0.3 is 0 Å². The number of nitrogens with one attached hydrogen (secondary N) is 1. The first-order valence-electron chi connectivity index (χ1n) is 9.57. The summed E-state index contributed by atoms with van der Waals surface area (Å²) in [5, 5.41) is 2.94. The molecule has 1 saturated heterocycles. The van der Waals surface area contributed by atoms with Crippen LogP contribution in [0.1, 0.15) is 49.0 Å². The molecule has 2 heterocycles. The van der Waals surface area contributed by atoms with Crippen molar-refractivity contribution in [1.82, 2.24) is 15.3 Å². The first-order chi connectivity index (χ1) is 12.7. The Labute approximate surface area is 155 Å². The Bertz CT molecular complexity index is 694. The van der Waals surface area contributed by atoms with Gasteiger partial charge in [-0.1, -0.05) is 37.3 Å². The van der Waals surface area contributed by atoms with E-state index in [0.717, 1.165) is 44.7 Å². The quantitative estimate of drug-likeness (QED) is 0.865. The summed E-state index contributed by atoms with van der Waals surface area (Å²) in [6, 6.07) is 10.9. The summed E-state index contributed by atoms with van der Waals surface area (Å²) in [6.07, 6.45) is 7.61. The Hall–Kier alpha value is -2.43. The van der Waals surface area contributed by atoms with Crippen LogP contribution in [0.5, 0.6) is 0 Å². The molecular weight excluding hydrogens is 324 g/mol. The Balaban J connectivity index is 1.52. The van der Waals surface area contributed by atoms with Crippen LogP contribution in [0.15, 0.2) is 42.7 Å². The van der Waals surface area contributed by atoms with Crippen molar-refractivity contribution in [2.75, 3.05) is 18.0 Å². The van der Waals surface area contributed by atoms with Gasteiger partial charge in [-0.05, 0) is 44.1 Å². The molecule has 138 valence electrons. The fourth-order valence-corrected chi connectivity index (χ4v) is 3.30. The highest BCUT2D eigenvalue weighted by Gasteiger charge is 2.21. The Morgan fingerprint density at radius 2 is 1.85 bits per heavy atom. The molecule has 5 nitrogen and oxygen atoms in total. The number of carbonyl (C=O) groups is 1. The first kappa shape index (κ1) is 18.4. The summed E-state index contributed by atoms with van der Waals surface area (Å²) in [5.74, 6) is 1.34. The summed E-state index contributed by atoms with van der Waals surface area (Å²) < 4.78 is 0. The topological polar surface area (TPSA) is 58.1 Å². The average molecular weight is 352 g/mol. The highest BCUT2D eigenvalue weighted by atomic mass is 16.1. The zero-order valence-electron chi connectivity index (χ0n) is 15.7. The molecule has 1 aromatic heterocycles. The number of hydrogen-bond acceptors (Lipinski definition) is 4. The van der Waals surface area contributed by atoms with Gasteiger partial charge in [0.2, 0.25) is 5.95 Å². The molecule has 0 aliphatic carbocycles. The lowest BCUT2D eigenvalue weighted by molar-refractivity contribution is 0.0938. The molecule has 1 aliphatic rings. The third kappa shape index (κ3) is 4.81. The molecule has 0 spiro atoms. The van der Waals surface area contributed by atoms with Crippen molar-refractivity contribution in [3.63, 3.8) is 0 Å². The SMILES string of the molecule is CCC(C)NC(=O)c1cnc(N2CCC(Cc3ccccc3)CC2)nc1. The maximum absolute atomic E-state index is 12.1. The normalized spacial score (nSPS) is 16.3. The predicted molar refractivity (Wildman–Crippen MR) is 104 cm³/mol. The number of amides is 1. The van der Waals surface area contributed by atoms with Crippen LogP contribution >= 0.6 is 0 Å². The molecule has 1 fully saturated rings. The van der Waals surface area contributed by atoms with Gasteiger partial charge in [-0.2, -0.15) is 0 Å². The number of rotatable bonds is 6. The minimum absolute atomic E-state index is 0.104. The summed E-state index contributed by atoms with van der Waals surface area (Å²) in [7, 11) is 0. The lowest BCUT2D eigenvalue weighted by atomic mass is 9.90. The molecule has 0 bridgehead atoms. The second kappa shape index (κ2) is 8.79. The maximum atomic E-state index is 12.1. The number of hydrogen-bond donors (Lipinski definition) is 1. The van der Waals surface area contributed by atoms with E-state index >= 15 is 0 Å². The van der Waals surface area contributed by atoms with Gasteiger partial charge in [0.05, 0.1) is 5.56 Å². The minimum atomic E-state index is -0.104. The maximum Gasteiger partial charge on any atom is 0.254 e. The van der Waals surface area contributed by atoms with Crippen molar-refractivity contribution < 1.29 is 4.79 Å². The van der Waals surface area contributed by atoms with Gasteiger partial charge in [0.25, 0.3) is 5.91 Å². The first-order valence-corrected chi connectivity index (χ1v) is 9.57. The van der Waals surface area contributed by atoms with E-state index in [2.05, 4.69) is 50.5 Å². The van der Waals surface area contributed by atoms with Crippen molar-refractivity contribution in [2.24, 2.45) is 5.92 Å². The van der Waals surface area contributed by atoms with Gasteiger partial charge < -0.3 is 10.2 Å². The molecule has 1 aromatic carbocycles. The Morgan fingerprint density at radius 1 is 1.19 bits per heavy atom. The lowest BCUT2D eigenvalue weighted by Crippen LogP contribution is -2.36. The van der Waals surface area contributed by atoms with E-state index in [1.165, 1.54) is 5.56 Å². The molecule has 1 atom stereocenters. The third-order valence-corrected chi connectivity index (χ3v) is 5.15. The van der Waals surface area contributed by atoms with Crippen molar-refractivity contribution >= 4 is 11.9 Å². The van der Waals surface area contributed by atoms with Crippen LogP contribution in [0.3, 0.4) is 0 Å². The monoisotopic (exact) mass is 352 g/mol. The highest BCUT2D eigenvalue weighted by molar-refractivity contribution is 5.93. The molecule has 26 heavy (non-hydrogen) atoms. The summed E-state index contributed by atoms with van der Waals surface area (Å²) in [5.41, 5.74) is 1.94. The van der Waals surface area contributed by atoms with Crippen LogP contribution < -0.4 is 10.2 Å². The zero-order chi connectivity index (χ0) is 18.4. The third-order valence-electron chi connectivity index (χ3n) is 5.15. The Kier molecular flexibility index (Phi) is 6.21. The number of carbonyl (C=O) groups excluding carboxylic acids is 1. The molecule has 0 radical (unpaired) electrons. The second-order valence-corrected chi connectivity index (χ2v) is 7.17. The average Bonchev–Trinajstić information content (AvgIpc) is 2.69. The molecule has 1 aliphatic heterocycles. The van der Waals surface area contributed by atoms with E-state index in [4.69, 9.17) is 0 Å². The van der Waals surface area contributed by atoms with Crippen LogP contribution in [-0.2, 0) is 6.42 Å². The zero-order valence-corrected chi connectivity index (χ0v) is 15.7. The standard InChI is InChI=1S/C21H28N4O/c1-3-16(2)24-20(26)19-14-22-21(23-15-19)25-11-9-18(10-12-25)13-17-7-5-4-6-8-17/h4-8,14-16,18H,3,9-13H2,1-2H3,(H,24,26). The van der Waals surface area contributed by atoms with Gasteiger partial charge in [0.1, 0.15) is 0 Å². The van der Waals surface area contributed by atoms with Gasteiger partial charge in [-0.3, -0.25) is 4.79 Å². The van der Waals surface area contributed by atoms with Crippen LogP contribution in [-0.4, -0.2) is 35.0 Å². The van der Waals surface area contributed by atoms with Crippen molar-refractivity contribution in [3.05, 3.63) is 53.9 Å². The van der Waals surface area contributed by atoms with E-state index in [-0.39, 0.29) is 11.9 Å². The fourth-order valence-electron chi connectivity index (χ4n) is 3.30. The summed E-state index contributed by atoms with van der Waals surface area (Å²) in [6.45, 7) is 5.98. The van der Waals surface area contributed by atoms with Gasteiger partial charge in [-0.15, -0.1) is 0 Å². The number of nitrogens with zero attached hydrogens (tertiary/aromatic N) is 3. The van der Waals surface area contributed by atoms with Crippen LogP contribution in [0.2, 0.25) is 0 Å². The molecule has 2 aromatic rings. The van der Waals surface area contributed by atoms with E-state index in [0.29, 0.717) is 11.5 Å². The van der Waals surface area contributed by atoms with E-state index in [1.54, 1.807) is 12.4 Å². The molecular formula is C21H28N4O. The summed E-state index contributed by atoms with van der Waals surface area (Å²) in [4.78, 5) is 23.2. The van der Waals surface area contributed by atoms with Crippen molar-refractivity contribution in [2.45, 2.75) is 45.6 Å². The van der Waals surface area contributed by atoms with Crippen LogP contribution in [0.4, 0.5) is 5.95 Å². The summed E-state index contributed by atoms with van der Waals surface area (Å²) >= 11 is 0. The predicted octanol–water partition coefficient (Wildman–Crippen LogP) is 3.46. The van der Waals surface area contributed by atoms with E-state index in [9.17, 15) is 4.79 Å². The molecule has 5 heteroatoms. The minimum Gasteiger partial charge on any atom is -0.350 e. The second-order valence-electron chi connectivity index (χ2n) is 7.17. The smallest absolute Gasteiger partial charge is 0.254 e. The molecule has 1 N–H and O–H groups in total. The van der Waals surface area contributed by atoms with E-state index in [1.807, 2.05) is 13.8 Å². The fraction of sp³-hybridized carbons (Fsp3) is 0.476. The molecule has 1 unspecified atom stereocenters.